The van der Waals surface area contributed by atoms with Gasteiger partial charge in [-0.15, -0.1) is 0 Å². The number of aromatic amines is 1. The normalized spacial score (nSPS) is 26.2. The van der Waals surface area contributed by atoms with E-state index in [0.29, 0.717) is 60.6 Å². The summed E-state index contributed by atoms with van der Waals surface area (Å²) in [4.78, 5) is 27.1. The monoisotopic (exact) mass is 481 g/mol. The van der Waals surface area contributed by atoms with E-state index in [-0.39, 0.29) is 12.1 Å². The average molecular weight is 482 g/mol. The van der Waals surface area contributed by atoms with Crippen LogP contribution in [0.1, 0.15) is 57.1 Å². The van der Waals surface area contributed by atoms with Gasteiger partial charge in [0.25, 0.3) is 0 Å². The Morgan fingerprint density at radius 2 is 1.94 bits per heavy atom. The molecule has 2 aromatic heterocycles. The lowest BCUT2D eigenvalue weighted by Gasteiger charge is -2.50. The SMILES string of the molecule is Cc1cc(Nc2cc(OC3COC3)nc(N(C)C3C[C@H]4CCC[C@@H](C3)N4C(=O)CC3CC3)n2)n[nH]1. The van der Waals surface area contributed by atoms with Crippen molar-refractivity contribution >= 4 is 23.5 Å². The van der Waals surface area contributed by atoms with Crippen molar-refractivity contribution in [3.05, 3.63) is 17.8 Å². The second-order valence-corrected chi connectivity index (χ2v) is 10.7. The van der Waals surface area contributed by atoms with Gasteiger partial charge in [0.05, 0.1) is 13.2 Å². The summed E-state index contributed by atoms with van der Waals surface area (Å²) < 4.78 is 11.3. The van der Waals surface area contributed by atoms with Crippen molar-refractivity contribution in [2.45, 2.75) is 82.5 Å². The van der Waals surface area contributed by atoms with Crippen LogP contribution in [0.2, 0.25) is 0 Å². The van der Waals surface area contributed by atoms with Gasteiger partial charge in [0.1, 0.15) is 11.9 Å². The largest absolute Gasteiger partial charge is 0.469 e. The first kappa shape index (κ1) is 22.6. The summed E-state index contributed by atoms with van der Waals surface area (Å²) in [6.45, 7) is 3.11. The number of hydrogen-bond donors (Lipinski definition) is 2. The van der Waals surface area contributed by atoms with Crippen molar-refractivity contribution in [3.8, 4) is 5.88 Å². The van der Waals surface area contributed by atoms with E-state index in [4.69, 9.17) is 19.4 Å². The Labute approximate surface area is 205 Å². The first-order valence-corrected chi connectivity index (χ1v) is 13.0. The molecule has 10 heteroatoms. The number of H-pyrrole nitrogens is 1. The zero-order valence-corrected chi connectivity index (χ0v) is 20.6. The van der Waals surface area contributed by atoms with Gasteiger partial charge in [0.2, 0.25) is 17.7 Å². The van der Waals surface area contributed by atoms with Crippen LogP contribution in [0, 0.1) is 12.8 Å². The molecule has 0 radical (unpaired) electrons. The summed E-state index contributed by atoms with van der Waals surface area (Å²) in [5.41, 5.74) is 0.969. The standard InChI is InChI=1S/C25H35N7O3/c1-15-8-22(30-29-15)26-21-12-23(35-20-13-34-14-20)28-25(27-21)31(2)19-10-17-4-3-5-18(11-19)32(17)24(33)9-16-6-7-16/h8,12,16-20H,3-7,9-11,13-14H2,1-2H3,(H2,26,27,28,29,30)/t17-,18+,19?. The van der Waals surface area contributed by atoms with Crippen molar-refractivity contribution < 1.29 is 14.3 Å². The first-order valence-electron chi connectivity index (χ1n) is 13.0. The van der Waals surface area contributed by atoms with E-state index in [0.717, 1.165) is 37.8 Å². The van der Waals surface area contributed by atoms with E-state index in [9.17, 15) is 4.79 Å². The third kappa shape index (κ3) is 4.94. The quantitative estimate of drug-likeness (QED) is 0.592. The van der Waals surface area contributed by atoms with Crippen LogP contribution in [-0.4, -0.2) is 75.5 Å². The van der Waals surface area contributed by atoms with Crippen LogP contribution in [0.15, 0.2) is 12.1 Å². The highest BCUT2D eigenvalue weighted by Gasteiger charge is 2.43. The molecule has 1 amide bonds. The van der Waals surface area contributed by atoms with Gasteiger partial charge in [0.15, 0.2) is 5.82 Å². The molecule has 6 rings (SSSR count). The third-order valence-corrected chi connectivity index (χ3v) is 7.81. The topological polar surface area (TPSA) is 108 Å². The maximum absolute atomic E-state index is 13.1. The molecular formula is C25H35N7O3. The number of hydrogen-bond acceptors (Lipinski definition) is 8. The number of amides is 1. The maximum Gasteiger partial charge on any atom is 0.230 e. The zero-order valence-electron chi connectivity index (χ0n) is 20.6. The number of nitrogens with zero attached hydrogens (tertiary/aromatic N) is 5. The molecule has 2 N–H and O–H groups in total. The summed E-state index contributed by atoms with van der Waals surface area (Å²) in [7, 11) is 2.07. The van der Waals surface area contributed by atoms with E-state index in [2.05, 4.69) is 32.4 Å². The molecule has 2 aromatic rings. The van der Waals surface area contributed by atoms with Gasteiger partial charge in [-0.2, -0.15) is 15.1 Å². The molecule has 4 fully saturated rings. The number of aryl methyl sites for hydroxylation is 1. The molecule has 35 heavy (non-hydrogen) atoms. The predicted molar refractivity (Wildman–Crippen MR) is 131 cm³/mol. The molecule has 188 valence electrons. The summed E-state index contributed by atoms with van der Waals surface area (Å²) in [5, 5.41) is 10.5. The molecule has 4 aliphatic rings. The summed E-state index contributed by atoms with van der Waals surface area (Å²) in [6.07, 6.45) is 8.49. The van der Waals surface area contributed by atoms with Crippen molar-refractivity contribution in [3.63, 3.8) is 0 Å². The van der Waals surface area contributed by atoms with Gasteiger partial charge >= 0.3 is 0 Å². The van der Waals surface area contributed by atoms with Gasteiger partial charge in [-0.1, -0.05) is 0 Å². The van der Waals surface area contributed by atoms with Crippen LogP contribution >= 0.6 is 0 Å². The second-order valence-electron chi connectivity index (χ2n) is 10.7. The zero-order chi connectivity index (χ0) is 23.9. The number of ether oxygens (including phenoxy) is 2. The average Bonchev–Trinajstić information content (AvgIpc) is 3.53. The Kier molecular flexibility index (Phi) is 5.99. The highest BCUT2D eigenvalue weighted by atomic mass is 16.6. The van der Waals surface area contributed by atoms with Crippen molar-refractivity contribution in [2.24, 2.45) is 5.92 Å². The molecular weight excluding hydrogens is 446 g/mol. The minimum Gasteiger partial charge on any atom is -0.469 e. The highest BCUT2D eigenvalue weighted by Crippen LogP contribution is 2.40. The Balaban J connectivity index is 1.21. The number of carbonyl (C=O) groups is 1. The Morgan fingerprint density at radius 1 is 1.17 bits per heavy atom. The fraction of sp³-hybridized carbons (Fsp3) is 0.680. The van der Waals surface area contributed by atoms with E-state index < -0.39 is 0 Å². The maximum atomic E-state index is 13.1. The molecule has 0 aromatic carbocycles. The first-order chi connectivity index (χ1) is 17.0. The van der Waals surface area contributed by atoms with Gasteiger partial charge in [-0.25, -0.2) is 0 Å². The number of fused-ring (bicyclic) bond motifs is 2. The number of carbonyl (C=O) groups excluding carboxylic acids is 1. The third-order valence-electron chi connectivity index (χ3n) is 7.81. The van der Waals surface area contributed by atoms with Gasteiger partial charge < -0.3 is 24.6 Å². The molecule has 10 nitrogen and oxygen atoms in total. The summed E-state index contributed by atoms with van der Waals surface area (Å²) in [6, 6.07) is 4.65. The molecule has 2 bridgehead atoms. The summed E-state index contributed by atoms with van der Waals surface area (Å²) >= 11 is 0. The second kappa shape index (κ2) is 9.29. The Morgan fingerprint density at radius 3 is 2.57 bits per heavy atom. The van der Waals surface area contributed by atoms with E-state index in [1.165, 1.54) is 19.3 Å². The fourth-order valence-corrected chi connectivity index (χ4v) is 5.67. The van der Waals surface area contributed by atoms with Crippen LogP contribution in [0.3, 0.4) is 0 Å². The molecule has 1 unspecified atom stereocenters. The molecule has 5 heterocycles. The van der Waals surface area contributed by atoms with Crippen LogP contribution in [0.4, 0.5) is 17.6 Å². The molecule has 1 aliphatic carbocycles. The van der Waals surface area contributed by atoms with E-state index in [1.54, 1.807) is 0 Å². The summed E-state index contributed by atoms with van der Waals surface area (Å²) in [5.74, 6) is 3.49. The Hall–Kier alpha value is -2.88. The van der Waals surface area contributed by atoms with E-state index in [1.807, 2.05) is 19.1 Å². The van der Waals surface area contributed by atoms with Crippen LogP contribution in [0.5, 0.6) is 5.88 Å². The van der Waals surface area contributed by atoms with Crippen LogP contribution in [0.25, 0.3) is 0 Å². The van der Waals surface area contributed by atoms with Crippen LogP contribution in [-0.2, 0) is 9.53 Å². The molecule has 1 saturated carbocycles. The lowest BCUT2D eigenvalue weighted by Crippen LogP contribution is -2.58. The van der Waals surface area contributed by atoms with Gasteiger partial charge in [-0.05, 0) is 57.8 Å². The lowest BCUT2D eigenvalue weighted by atomic mass is 9.81. The van der Waals surface area contributed by atoms with Crippen molar-refractivity contribution in [2.75, 3.05) is 30.5 Å². The predicted octanol–water partition coefficient (Wildman–Crippen LogP) is 3.18. The van der Waals surface area contributed by atoms with E-state index >= 15 is 0 Å². The number of nitrogens with one attached hydrogen (secondary N) is 2. The van der Waals surface area contributed by atoms with Crippen LogP contribution < -0.4 is 15.0 Å². The number of aromatic nitrogens is 4. The number of piperidine rings is 2. The molecule has 3 saturated heterocycles. The minimum atomic E-state index is 0.0172. The fourth-order valence-electron chi connectivity index (χ4n) is 5.67. The van der Waals surface area contributed by atoms with Gasteiger partial charge in [-0.3, -0.25) is 9.89 Å². The molecule has 3 aliphatic heterocycles. The minimum absolute atomic E-state index is 0.0172. The highest BCUT2D eigenvalue weighted by molar-refractivity contribution is 5.77. The van der Waals surface area contributed by atoms with Crippen molar-refractivity contribution in [1.29, 1.82) is 0 Å². The van der Waals surface area contributed by atoms with Gasteiger partial charge in [0, 0.05) is 49.4 Å². The number of rotatable bonds is 8. The number of anilines is 3. The molecule has 0 spiro atoms. The lowest BCUT2D eigenvalue weighted by molar-refractivity contribution is -0.141. The Bertz CT molecular complexity index is 1050. The smallest absolute Gasteiger partial charge is 0.230 e. The van der Waals surface area contributed by atoms with Crippen molar-refractivity contribution in [1.82, 2.24) is 25.1 Å². The molecule has 3 atom stereocenters.